The van der Waals surface area contributed by atoms with E-state index in [0.717, 1.165) is 11.0 Å². The predicted molar refractivity (Wildman–Crippen MR) is 119 cm³/mol. The van der Waals surface area contributed by atoms with Crippen LogP contribution in [0.2, 0.25) is 0 Å². The number of aromatic nitrogens is 2. The molecule has 0 atom stereocenters. The van der Waals surface area contributed by atoms with Crippen LogP contribution in [0.3, 0.4) is 0 Å². The van der Waals surface area contributed by atoms with Crippen molar-refractivity contribution < 1.29 is 9.72 Å². The Labute approximate surface area is 178 Å². The summed E-state index contributed by atoms with van der Waals surface area (Å²) >= 11 is 0. The van der Waals surface area contributed by atoms with Crippen LogP contribution >= 0.6 is 0 Å². The molecule has 0 saturated carbocycles. The molecule has 0 unspecified atom stereocenters. The van der Waals surface area contributed by atoms with Crippen LogP contribution in [-0.4, -0.2) is 39.5 Å². The normalized spacial score (nSPS) is 14.9. The second-order valence-corrected chi connectivity index (χ2v) is 8.12. The van der Waals surface area contributed by atoms with Crippen LogP contribution in [0.5, 0.6) is 0 Å². The molecule has 1 fully saturated rings. The number of carbonyl (C=O) groups excluding carboxylic acids is 1. The summed E-state index contributed by atoms with van der Waals surface area (Å²) in [6, 6.07) is 12.2. The molecule has 162 valence electrons. The summed E-state index contributed by atoms with van der Waals surface area (Å²) in [7, 11) is 0. The highest BCUT2D eigenvalue weighted by molar-refractivity contribution is 5.96. The third-order valence-electron chi connectivity index (χ3n) is 5.65. The fraction of sp³-hybridized carbons (Fsp3) is 0.364. The summed E-state index contributed by atoms with van der Waals surface area (Å²) in [5.41, 5.74) is 2.23. The van der Waals surface area contributed by atoms with E-state index in [1.165, 1.54) is 6.07 Å². The first-order valence-corrected chi connectivity index (χ1v) is 10.4. The Morgan fingerprint density at radius 2 is 1.90 bits per heavy atom. The number of nitrogens with zero attached hydrogens (tertiary/aromatic N) is 3. The van der Waals surface area contributed by atoms with Crippen LogP contribution in [0.4, 0.5) is 11.4 Å². The fourth-order valence-corrected chi connectivity index (χ4v) is 4.23. The largest absolute Gasteiger partial charge is 0.366 e. The van der Waals surface area contributed by atoms with Crippen molar-refractivity contribution >= 4 is 28.3 Å². The maximum absolute atomic E-state index is 12.5. The molecule has 2 aromatic carbocycles. The van der Waals surface area contributed by atoms with Crippen LogP contribution < -0.4 is 15.9 Å². The highest BCUT2D eigenvalue weighted by Gasteiger charge is 2.28. The molecule has 3 aromatic rings. The van der Waals surface area contributed by atoms with Gasteiger partial charge in [0.1, 0.15) is 5.69 Å². The molecule has 1 amide bonds. The van der Waals surface area contributed by atoms with Gasteiger partial charge in [0.2, 0.25) is 0 Å². The molecule has 0 bridgehead atoms. The first-order valence-electron chi connectivity index (χ1n) is 10.4. The van der Waals surface area contributed by atoms with Gasteiger partial charge in [0.05, 0.1) is 16.0 Å². The number of nitro benzene ring substituents is 1. The summed E-state index contributed by atoms with van der Waals surface area (Å²) in [4.78, 5) is 40.8. The van der Waals surface area contributed by atoms with Gasteiger partial charge in [-0.25, -0.2) is 4.79 Å². The number of aromatic amines is 1. The SMILES string of the molecule is CC(C)NC(=O)c1ccc(N2CCC(n3c(=O)[nH]c4ccccc43)CC2)c([N+](=O)[O-])c1. The lowest BCUT2D eigenvalue weighted by Gasteiger charge is -2.33. The molecule has 9 nitrogen and oxygen atoms in total. The molecule has 1 aliphatic heterocycles. The van der Waals surface area contributed by atoms with Crippen molar-refractivity contribution in [3.63, 3.8) is 0 Å². The van der Waals surface area contributed by atoms with Crippen molar-refractivity contribution in [3.05, 3.63) is 68.6 Å². The van der Waals surface area contributed by atoms with Crippen LogP contribution in [0.25, 0.3) is 11.0 Å². The van der Waals surface area contributed by atoms with Gasteiger partial charge in [-0.2, -0.15) is 0 Å². The molecule has 0 aliphatic carbocycles. The van der Waals surface area contributed by atoms with Gasteiger partial charge >= 0.3 is 5.69 Å². The summed E-state index contributed by atoms with van der Waals surface area (Å²) in [6.45, 7) is 4.83. The van der Waals surface area contributed by atoms with E-state index >= 15 is 0 Å². The van der Waals surface area contributed by atoms with Crippen LogP contribution in [0.15, 0.2) is 47.3 Å². The number of amides is 1. The van der Waals surface area contributed by atoms with Crippen molar-refractivity contribution in [1.82, 2.24) is 14.9 Å². The first kappa shape index (κ1) is 20.6. The summed E-state index contributed by atoms with van der Waals surface area (Å²) in [5.74, 6) is -0.331. The fourth-order valence-electron chi connectivity index (χ4n) is 4.23. The van der Waals surface area contributed by atoms with Gasteiger partial charge in [0.25, 0.3) is 11.6 Å². The number of nitrogens with one attached hydrogen (secondary N) is 2. The number of para-hydroxylation sites is 2. The van der Waals surface area contributed by atoms with Crippen molar-refractivity contribution in [3.8, 4) is 0 Å². The lowest BCUT2D eigenvalue weighted by atomic mass is 10.0. The maximum atomic E-state index is 12.5. The summed E-state index contributed by atoms with van der Waals surface area (Å²) in [5, 5.41) is 14.5. The molecule has 2 heterocycles. The molecule has 31 heavy (non-hydrogen) atoms. The predicted octanol–water partition coefficient (Wildman–Crippen LogP) is 3.22. The Morgan fingerprint density at radius 3 is 2.58 bits per heavy atom. The van der Waals surface area contributed by atoms with Crippen molar-refractivity contribution in [2.24, 2.45) is 0 Å². The van der Waals surface area contributed by atoms with Gasteiger partial charge in [-0.15, -0.1) is 0 Å². The van der Waals surface area contributed by atoms with E-state index in [9.17, 15) is 19.7 Å². The number of hydrogen-bond donors (Lipinski definition) is 2. The average molecular weight is 423 g/mol. The Balaban J connectivity index is 1.55. The minimum absolute atomic E-state index is 0.0232. The number of anilines is 1. The standard InChI is InChI=1S/C22H25N5O4/c1-14(2)23-21(28)15-7-8-19(20(13-15)27(30)31)25-11-9-16(10-12-25)26-18-6-4-3-5-17(18)24-22(26)29/h3-8,13-14,16H,9-12H2,1-2H3,(H,23,28)(H,24,29). The number of nitro groups is 1. The van der Waals surface area contributed by atoms with Crippen LogP contribution in [0.1, 0.15) is 43.1 Å². The molecule has 1 aromatic heterocycles. The number of carbonyl (C=O) groups is 1. The van der Waals surface area contributed by atoms with E-state index in [-0.39, 0.29) is 34.9 Å². The summed E-state index contributed by atoms with van der Waals surface area (Å²) in [6.07, 6.45) is 1.38. The number of piperidine rings is 1. The topological polar surface area (TPSA) is 113 Å². The van der Waals surface area contributed by atoms with Crippen molar-refractivity contribution in [2.75, 3.05) is 18.0 Å². The number of imidazole rings is 1. The van der Waals surface area contributed by atoms with E-state index in [1.54, 1.807) is 16.7 Å². The Bertz CT molecular complexity index is 1190. The van der Waals surface area contributed by atoms with E-state index in [4.69, 9.17) is 0 Å². The lowest BCUT2D eigenvalue weighted by molar-refractivity contribution is -0.384. The number of benzene rings is 2. The van der Waals surface area contributed by atoms with Crippen LogP contribution in [-0.2, 0) is 0 Å². The van der Waals surface area contributed by atoms with Gasteiger partial charge in [-0.1, -0.05) is 12.1 Å². The number of rotatable bonds is 5. The van der Waals surface area contributed by atoms with Gasteiger partial charge < -0.3 is 15.2 Å². The second kappa shape index (κ2) is 8.25. The zero-order valence-electron chi connectivity index (χ0n) is 17.5. The molecule has 9 heteroatoms. The maximum Gasteiger partial charge on any atom is 0.326 e. The molecular formula is C22H25N5O4. The van der Waals surface area contributed by atoms with E-state index in [2.05, 4.69) is 10.3 Å². The first-order chi connectivity index (χ1) is 14.8. The molecule has 1 aliphatic rings. The van der Waals surface area contributed by atoms with E-state index < -0.39 is 4.92 Å². The monoisotopic (exact) mass is 423 g/mol. The minimum atomic E-state index is -0.447. The van der Waals surface area contributed by atoms with Gasteiger partial charge in [0, 0.05) is 36.8 Å². The number of H-pyrrole nitrogens is 1. The molecule has 0 radical (unpaired) electrons. The smallest absolute Gasteiger partial charge is 0.326 e. The molecule has 0 spiro atoms. The molecule has 2 N–H and O–H groups in total. The van der Waals surface area contributed by atoms with E-state index in [1.807, 2.05) is 43.0 Å². The third kappa shape index (κ3) is 4.03. The Kier molecular flexibility index (Phi) is 5.50. The molecule has 4 rings (SSSR count). The average Bonchev–Trinajstić information content (AvgIpc) is 3.08. The Morgan fingerprint density at radius 1 is 1.19 bits per heavy atom. The molecular weight excluding hydrogens is 398 g/mol. The highest BCUT2D eigenvalue weighted by atomic mass is 16.6. The quantitative estimate of drug-likeness (QED) is 0.483. The van der Waals surface area contributed by atoms with Gasteiger partial charge in [-0.05, 0) is 51.0 Å². The van der Waals surface area contributed by atoms with E-state index in [0.29, 0.717) is 31.6 Å². The minimum Gasteiger partial charge on any atom is -0.366 e. The van der Waals surface area contributed by atoms with Crippen molar-refractivity contribution in [2.45, 2.75) is 38.8 Å². The lowest BCUT2D eigenvalue weighted by Crippen LogP contribution is -2.37. The summed E-state index contributed by atoms with van der Waals surface area (Å²) < 4.78 is 1.79. The third-order valence-corrected chi connectivity index (χ3v) is 5.65. The Hall–Kier alpha value is -3.62. The zero-order chi connectivity index (χ0) is 22.1. The van der Waals surface area contributed by atoms with Gasteiger partial charge in [0.15, 0.2) is 0 Å². The van der Waals surface area contributed by atoms with Crippen molar-refractivity contribution in [1.29, 1.82) is 0 Å². The van der Waals surface area contributed by atoms with Gasteiger partial charge in [-0.3, -0.25) is 19.5 Å². The number of hydrogen-bond acceptors (Lipinski definition) is 5. The van der Waals surface area contributed by atoms with Crippen LogP contribution in [0, 0.1) is 10.1 Å². The second-order valence-electron chi connectivity index (χ2n) is 8.12. The zero-order valence-corrected chi connectivity index (χ0v) is 17.5. The molecule has 1 saturated heterocycles. The number of fused-ring (bicyclic) bond motifs is 1. The highest BCUT2D eigenvalue weighted by Crippen LogP contribution is 2.34.